The molecule has 86 valence electrons. The maximum absolute atomic E-state index is 11.4. The molecule has 1 aliphatic rings. The molecule has 1 aliphatic heterocycles. The molecule has 0 aromatic rings. The molecule has 0 aromatic heterocycles. The largest absolute Gasteiger partial charge is 0.380 e. The lowest BCUT2D eigenvalue weighted by Gasteiger charge is -2.34. The van der Waals surface area contributed by atoms with E-state index in [9.17, 15) is 4.79 Å². The number of hydrogen-bond acceptors (Lipinski definition) is 2. The summed E-state index contributed by atoms with van der Waals surface area (Å²) in [6, 6.07) is 0. The Morgan fingerprint density at radius 3 is 2.80 bits per heavy atom. The summed E-state index contributed by atoms with van der Waals surface area (Å²) in [5.74, 6) is 0.205. The molecule has 1 atom stereocenters. The molecule has 0 bridgehead atoms. The fraction of sp³-hybridized carbons (Fsp3) is 0.750. The number of hydrogen-bond donors (Lipinski definition) is 0. The third-order valence-corrected chi connectivity index (χ3v) is 4.42. The fourth-order valence-corrected chi connectivity index (χ4v) is 2.94. The summed E-state index contributed by atoms with van der Waals surface area (Å²) in [5, 5.41) is 0.160. The fourth-order valence-electron chi connectivity index (χ4n) is 2.03. The molecule has 2 nitrogen and oxygen atoms in total. The zero-order valence-electron chi connectivity index (χ0n) is 9.97. The highest BCUT2D eigenvalue weighted by Crippen LogP contribution is 2.26. The Bertz CT molecular complexity index is 242. The molecule has 1 unspecified atom stereocenters. The third-order valence-electron chi connectivity index (χ3n) is 3.14. The van der Waals surface area contributed by atoms with Crippen LogP contribution in [-0.4, -0.2) is 27.9 Å². The molecule has 0 spiro atoms. The summed E-state index contributed by atoms with van der Waals surface area (Å²) in [7, 11) is 1.08. The molecule has 0 aliphatic carbocycles. The van der Waals surface area contributed by atoms with Crippen LogP contribution >= 0.6 is 0 Å². The van der Waals surface area contributed by atoms with Gasteiger partial charge in [-0.1, -0.05) is 6.58 Å². The molecule has 0 saturated carbocycles. The minimum Gasteiger partial charge on any atom is -0.380 e. The second kappa shape index (κ2) is 5.61. The molecule has 0 radical (unpaired) electrons. The smallest absolute Gasteiger partial charge is 0.157 e. The zero-order chi connectivity index (χ0) is 11.3. The molecule has 1 heterocycles. The number of carbonyl (C=O) groups is 1. The zero-order valence-corrected chi connectivity index (χ0v) is 12.0. The lowest BCUT2D eigenvalue weighted by atomic mass is 10.0. The van der Waals surface area contributed by atoms with E-state index in [-0.39, 0.29) is 11.0 Å². The standard InChI is InChI=1S/C12H22O2Si/c1-10(2)11(13)6-5-8-12(15)7-3-4-9-14-12/h1,3-9H2,2,15H3. The monoisotopic (exact) mass is 226 g/mol. The normalized spacial score (nSPS) is 26.5. The molecular weight excluding hydrogens is 204 g/mol. The van der Waals surface area contributed by atoms with Gasteiger partial charge in [0.1, 0.15) is 0 Å². The van der Waals surface area contributed by atoms with E-state index in [0.717, 1.165) is 29.7 Å². The first-order chi connectivity index (χ1) is 7.03. The highest BCUT2D eigenvalue weighted by Gasteiger charge is 2.26. The Hall–Kier alpha value is -0.413. The van der Waals surface area contributed by atoms with Gasteiger partial charge in [0, 0.05) is 28.5 Å². The van der Waals surface area contributed by atoms with E-state index >= 15 is 0 Å². The van der Waals surface area contributed by atoms with Crippen LogP contribution < -0.4 is 0 Å². The van der Waals surface area contributed by atoms with E-state index in [2.05, 4.69) is 6.58 Å². The van der Waals surface area contributed by atoms with Gasteiger partial charge in [0.15, 0.2) is 5.78 Å². The minimum atomic E-state index is 0.160. The Balaban J connectivity index is 2.24. The van der Waals surface area contributed by atoms with E-state index in [0.29, 0.717) is 12.0 Å². The van der Waals surface area contributed by atoms with Crippen LogP contribution in [0.15, 0.2) is 12.2 Å². The van der Waals surface area contributed by atoms with Crippen LogP contribution in [0, 0.1) is 0 Å². The van der Waals surface area contributed by atoms with Crippen LogP contribution in [0.5, 0.6) is 0 Å². The first-order valence-corrected chi connectivity index (χ1v) is 6.86. The molecular formula is C12H22O2Si. The van der Waals surface area contributed by atoms with Gasteiger partial charge in [0.25, 0.3) is 0 Å². The summed E-state index contributed by atoms with van der Waals surface area (Å²) in [6.45, 7) is 6.37. The molecule has 1 saturated heterocycles. The average Bonchev–Trinajstić information content (AvgIpc) is 2.18. The molecule has 1 rings (SSSR count). The van der Waals surface area contributed by atoms with Crippen molar-refractivity contribution in [3.05, 3.63) is 12.2 Å². The Labute approximate surface area is 95.5 Å². The van der Waals surface area contributed by atoms with Crippen LogP contribution in [-0.2, 0) is 9.53 Å². The van der Waals surface area contributed by atoms with Crippen molar-refractivity contribution in [1.29, 1.82) is 0 Å². The van der Waals surface area contributed by atoms with Gasteiger partial charge in [0.05, 0.1) is 0 Å². The first kappa shape index (κ1) is 12.7. The van der Waals surface area contributed by atoms with Gasteiger partial charge in [-0.05, 0) is 44.6 Å². The Kier molecular flexibility index (Phi) is 4.73. The van der Waals surface area contributed by atoms with Crippen molar-refractivity contribution in [1.82, 2.24) is 0 Å². The van der Waals surface area contributed by atoms with Gasteiger partial charge in [-0.3, -0.25) is 4.79 Å². The highest BCUT2D eigenvalue weighted by molar-refractivity contribution is 6.14. The number of ether oxygens (including phenoxy) is 1. The van der Waals surface area contributed by atoms with Crippen LogP contribution in [0.3, 0.4) is 0 Å². The predicted octanol–water partition coefficient (Wildman–Crippen LogP) is 1.56. The molecule has 0 aromatic carbocycles. The number of rotatable bonds is 5. The molecule has 0 amide bonds. The summed E-state index contributed by atoms with van der Waals surface area (Å²) >= 11 is 0. The quantitative estimate of drug-likeness (QED) is 0.525. The molecule has 0 N–H and O–H groups in total. The molecule has 15 heavy (non-hydrogen) atoms. The third kappa shape index (κ3) is 4.30. The van der Waals surface area contributed by atoms with E-state index in [1.54, 1.807) is 6.92 Å². The molecule has 3 heteroatoms. The lowest BCUT2D eigenvalue weighted by molar-refractivity contribution is -0.115. The lowest BCUT2D eigenvalue weighted by Crippen LogP contribution is -2.36. The predicted molar refractivity (Wildman–Crippen MR) is 66.1 cm³/mol. The summed E-state index contributed by atoms with van der Waals surface area (Å²) in [5.41, 5.74) is 0.682. The van der Waals surface area contributed by atoms with Crippen LogP contribution in [0.4, 0.5) is 0 Å². The van der Waals surface area contributed by atoms with Crippen molar-refractivity contribution in [2.24, 2.45) is 0 Å². The van der Waals surface area contributed by atoms with Gasteiger partial charge < -0.3 is 4.74 Å². The van der Waals surface area contributed by atoms with Crippen LogP contribution in [0.1, 0.15) is 45.4 Å². The van der Waals surface area contributed by atoms with Gasteiger partial charge >= 0.3 is 0 Å². The van der Waals surface area contributed by atoms with Crippen molar-refractivity contribution in [3.63, 3.8) is 0 Å². The van der Waals surface area contributed by atoms with Crippen molar-refractivity contribution in [2.45, 2.75) is 50.7 Å². The van der Waals surface area contributed by atoms with E-state index in [1.165, 1.54) is 19.3 Å². The molecule has 1 fully saturated rings. The van der Waals surface area contributed by atoms with Gasteiger partial charge in [0.2, 0.25) is 0 Å². The van der Waals surface area contributed by atoms with Crippen molar-refractivity contribution < 1.29 is 9.53 Å². The number of carbonyl (C=O) groups excluding carboxylic acids is 1. The number of Topliss-reactive ketones (excluding diaryl/α,β-unsaturated/α-hetero) is 1. The van der Waals surface area contributed by atoms with E-state index < -0.39 is 0 Å². The van der Waals surface area contributed by atoms with Gasteiger partial charge in [-0.15, -0.1) is 0 Å². The Morgan fingerprint density at radius 1 is 1.53 bits per heavy atom. The van der Waals surface area contributed by atoms with E-state index in [4.69, 9.17) is 4.74 Å². The SMILES string of the molecule is C=C(C)C(=O)CCCC1([SiH3])CCCCO1. The maximum atomic E-state index is 11.4. The summed E-state index contributed by atoms with van der Waals surface area (Å²) in [6.07, 6.45) is 6.34. The van der Waals surface area contributed by atoms with Crippen molar-refractivity contribution in [3.8, 4) is 0 Å². The number of allylic oxidation sites excluding steroid dienone is 1. The minimum absolute atomic E-state index is 0.160. The number of ketones is 1. The highest BCUT2D eigenvalue weighted by atomic mass is 28.1. The Morgan fingerprint density at radius 2 is 2.27 bits per heavy atom. The second-order valence-electron chi connectivity index (χ2n) is 4.81. The van der Waals surface area contributed by atoms with Crippen molar-refractivity contribution >= 4 is 16.0 Å². The maximum Gasteiger partial charge on any atom is 0.157 e. The summed E-state index contributed by atoms with van der Waals surface area (Å²) < 4.78 is 5.84. The van der Waals surface area contributed by atoms with Crippen LogP contribution in [0.2, 0.25) is 0 Å². The second-order valence-corrected chi connectivity index (χ2v) is 6.63. The summed E-state index contributed by atoms with van der Waals surface area (Å²) in [4.78, 5) is 11.4. The average molecular weight is 226 g/mol. The van der Waals surface area contributed by atoms with Crippen molar-refractivity contribution in [2.75, 3.05) is 6.61 Å². The van der Waals surface area contributed by atoms with E-state index in [1.807, 2.05) is 0 Å². The first-order valence-electron chi connectivity index (χ1n) is 5.86. The van der Waals surface area contributed by atoms with Gasteiger partial charge in [-0.2, -0.15) is 0 Å². The van der Waals surface area contributed by atoms with Crippen LogP contribution in [0.25, 0.3) is 0 Å². The van der Waals surface area contributed by atoms with Gasteiger partial charge in [-0.25, -0.2) is 0 Å². The topological polar surface area (TPSA) is 26.3 Å².